The van der Waals surface area contributed by atoms with Crippen molar-refractivity contribution in [2.75, 3.05) is 26.7 Å². The summed E-state index contributed by atoms with van der Waals surface area (Å²) < 4.78 is 5.39. The van der Waals surface area contributed by atoms with E-state index in [0.717, 1.165) is 25.9 Å². The molecule has 1 fully saturated rings. The van der Waals surface area contributed by atoms with Gasteiger partial charge in [0, 0.05) is 20.2 Å². The predicted molar refractivity (Wildman–Crippen MR) is 96.1 cm³/mol. The average molecular weight is 330 g/mol. The Morgan fingerprint density at radius 3 is 2.67 bits per heavy atom. The molecule has 0 spiro atoms. The number of fused-ring (bicyclic) bond motifs is 1. The lowest BCUT2D eigenvalue weighted by molar-refractivity contribution is -0.123. The number of rotatable bonds is 5. The minimum absolute atomic E-state index is 0.0706. The van der Waals surface area contributed by atoms with Crippen LogP contribution in [0.5, 0.6) is 0 Å². The van der Waals surface area contributed by atoms with Gasteiger partial charge in [0.1, 0.15) is 0 Å². The van der Waals surface area contributed by atoms with Crippen LogP contribution in [0.1, 0.15) is 55.3 Å². The summed E-state index contributed by atoms with van der Waals surface area (Å²) in [4.78, 5) is 14.6. The quantitative estimate of drug-likeness (QED) is 0.903. The normalized spacial score (nSPS) is 20.4. The fraction of sp³-hybridized carbons (Fsp3) is 0.650. The molecular formula is C20H30N2O2. The number of carbonyl (C=O) groups excluding carboxylic acids is 1. The number of hydrogen-bond donors (Lipinski definition) is 1. The summed E-state index contributed by atoms with van der Waals surface area (Å²) in [6.07, 6.45) is 7.37. The Labute approximate surface area is 145 Å². The first-order valence-electron chi connectivity index (χ1n) is 9.32. The molecule has 1 atom stereocenters. The van der Waals surface area contributed by atoms with E-state index in [4.69, 9.17) is 4.74 Å². The van der Waals surface area contributed by atoms with Gasteiger partial charge in [-0.15, -0.1) is 0 Å². The van der Waals surface area contributed by atoms with Crippen LogP contribution in [-0.4, -0.2) is 43.7 Å². The van der Waals surface area contributed by atoms with Gasteiger partial charge >= 0.3 is 0 Å². The molecule has 1 aromatic carbocycles. The van der Waals surface area contributed by atoms with Crippen LogP contribution >= 0.6 is 0 Å². The van der Waals surface area contributed by atoms with Gasteiger partial charge < -0.3 is 10.1 Å². The van der Waals surface area contributed by atoms with Crippen molar-refractivity contribution in [2.24, 2.45) is 0 Å². The molecule has 1 aromatic rings. The molecule has 1 heterocycles. The minimum atomic E-state index is 0.0706. The highest BCUT2D eigenvalue weighted by Gasteiger charge is 2.21. The summed E-state index contributed by atoms with van der Waals surface area (Å²) in [5, 5.41) is 3.16. The smallest absolute Gasteiger partial charge is 0.234 e. The summed E-state index contributed by atoms with van der Waals surface area (Å²) in [5.41, 5.74) is 4.19. The van der Waals surface area contributed by atoms with E-state index in [0.29, 0.717) is 12.6 Å². The van der Waals surface area contributed by atoms with Gasteiger partial charge in [0.15, 0.2) is 0 Å². The standard InChI is InChI=1S/C20H30N2O2/c1-15(17-8-7-16-5-3-4-6-18(16)13-17)21-20(23)14-22-11-9-19(24-2)10-12-22/h7-8,13,15,19H,3-6,9-12,14H2,1-2H3,(H,21,23). The molecule has 132 valence electrons. The summed E-state index contributed by atoms with van der Waals surface area (Å²) in [5.74, 6) is 0.121. The molecular weight excluding hydrogens is 300 g/mol. The number of ether oxygens (including phenoxy) is 1. The number of nitrogens with zero attached hydrogens (tertiary/aromatic N) is 1. The van der Waals surface area contributed by atoms with Gasteiger partial charge in [-0.2, -0.15) is 0 Å². The first kappa shape index (κ1) is 17.4. The number of carbonyl (C=O) groups is 1. The Hall–Kier alpha value is -1.39. The molecule has 2 aliphatic rings. The van der Waals surface area contributed by atoms with E-state index >= 15 is 0 Å². The Balaban J connectivity index is 1.51. The Morgan fingerprint density at radius 2 is 1.96 bits per heavy atom. The fourth-order valence-corrected chi connectivity index (χ4v) is 3.90. The second-order valence-corrected chi connectivity index (χ2v) is 7.24. The monoisotopic (exact) mass is 330 g/mol. The highest BCUT2D eigenvalue weighted by atomic mass is 16.5. The second-order valence-electron chi connectivity index (χ2n) is 7.24. The third kappa shape index (κ3) is 4.37. The number of aryl methyl sites for hydroxylation is 2. The number of nitrogens with one attached hydrogen (secondary N) is 1. The van der Waals surface area contributed by atoms with Crippen LogP contribution < -0.4 is 5.32 Å². The lowest BCUT2D eigenvalue weighted by Gasteiger charge is -2.31. The Kier molecular flexibility index (Phi) is 5.90. The van der Waals surface area contributed by atoms with Crippen LogP contribution in [0.25, 0.3) is 0 Å². The zero-order chi connectivity index (χ0) is 16.9. The number of likely N-dealkylation sites (tertiary alicyclic amines) is 1. The van der Waals surface area contributed by atoms with Gasteiger partial charge in [0.25, 0.3) is 0 Å². The van der Waals surface area contributed by atoms with Gasteiger partial charge in [-0.1, -0.05) is 18.2 Å². The lowest BCUT2D eigenvalue weighted by atomic mass is 9.89. The van der Waals surface area contributed by atoms with Gasteiger partial charge in [-0.05, 0) is 62.1 Å². The van der Waals surface area contributed by atoms with Crippen LogP contribution in [0.2, 0.25) is 0 Å². The van der Waals surface area contributed by atoms with Crippen LogP contribution in [0.4, 0.5) is 0 Å². The largest absolute Gasteiger partial charge is 0.381 e. The van der Waals surface area contributed by atoms with Crippen LogP contribution in [0, 0.1) is 0 Å². The van der Waals surface area contributed by atoms with Crippen LogP contribution in [0.15, 0.2) is 18.2 Å². The number of benzene rings is 1. The van der Waals surface area contributed by atoms with Gasteiger partial charge in [-0.3, -0.25) is 9.69 Å². The maximum Gasteiger partial charge on any atom is 0.234 e. The molecule has 1 amide bonds. The molecule has 1 unspecified atom stereocenters. The third-order valence-electron chi connectivity index (χ3n) is 5.49. The summed E-state index contributed by atoms with van der Waals surface area (Å²) in [7, 11) is 1.77. The number of piperidine rings is 1. The molecule has 24 heavy (non-hydrogen) atoms. The van der Waals surface area contributed by atoms with Crippen molar-refractivity contribution in [1.82, 2.24) is 10.2 Å². The Morgan fingerprint density at radius 1 is 1.25 bits per heavy atom. The van der Waals surface area contributed by atoms with E-state index in [1.54, 1.807) is 7.11 Å². The first-order valence-corrected chi connectivity index (χ1v) is 9.32. The van der Waals surface area contributed by atoms with Crippen molar-refractivity contribution in [1.29, 1.82) is 0 Å². The van der Waals surface area contributed by atoms with E-state index in [1.165, 1.54) is 42.4 Å². The van der Waals surface area contributed by atoms with E-state index in [-0.39, 0.29) is 11.9 Å². The minimum Gasteiger partial charge on any atom is -0.381 e. The third-order valence-corrected chi connectivity index (χ3v) is 5.49. The molecule has 0 saturated carbocycles. The predicted octanol–water partition coefficient (Wildman–Crippen LogP) is 2.85. The number of hydrogen-bond acceptors (Lipinski definition) is 3. The maximum absolute atomic E-state index is 12.4. The molecule has 0 aromatic heterocycles. The SMILES string of the molecule is COC1CCN(CC(=O)NC(C)c2ccc3c(c2)CCCC3)CC1. The summed E-state index contributed by atoms with van der Waals surface area (Å²) in [6.45, 7) is 4.46. The number of methoxy groups -OCH3 is 1. The molecule has 0 radical (unpaired) electrons. The van der Waals surface area contributed by atoms with Crippen molar-refractivity contribution < 1.29 is 9.53 Å². The summed E-state index contributed by atoms with van der Waals surface area (Å²) in [6, 6.07) is 6.80. The van der Waals surface area contributed by atoms with E-state index in [2.05, 4.69) is 35.3 Å². The molecule has 1 N–H and O–H groups in total. The topological polar surface area (TPSA) is 41.6 Å². The van der Waals surface area contributed by atoms with E-state index in [9.17, 15) is 4.79 Å². The van der Waals surface area contributed by atoms with Gasteiger partial charge in [-0.25, -0.2) is 0 Å². The van der Waals surface area contributed by atoms with Crippen LogP contribution in [0.3, 0.4) is 0 Å². The molecule has 3 rings (SSSR count). The molecule has 1 saturated heterocycles. The first-order chi connectivity index (χ1) is 11.7. The highest BCUT2D eigenvalue weighted by molar-refractivity contribution is 5.78. The lowest BCUT2D eigenvalue weighted by Crippen LogP contribution is -2.43. The van der Waals surface area contributed by atoms with Crippen LogP contribution in [-0.2, 0) is 22.4 Å². The van der Waals surface area contributed by atoms with Gasteiger partial charge in [0.05, 0.1) is 18.7 Å². The molecule has 1 aliphatic heterocycles. The fourth-order valence-electron chi connectivity index (χ4n) is 3.90. The highest BCUT2D eigenvalue weighted by Crippen LogP contribution is 2.24. The van der Waals surface area contributed by atoms with E-state index in [1.807, 2.05) is 0 Å². The maximum atomic E-state index is 12.4. The molecule has 4 heteroatoms. The van der Waals surface area contributed by atoms with Crippen molar-refractivity contribution in [3.05, 3.63) is 34.9 Å². The number of amides is 1. The second kappa shape index (κ2) is 8.13. The van der Waals surface area contributed by atoms with E-state index < -0.39 is 0 Å². The average Bonchev–Trinajstić information content (AvgIpc) is 2.61. The van der Waals surface area contributed by atoms with Crippen molar-refractivity contribution in [2.45, 2.75) is 57.6 Å². The molecule has 4 nitrogen and oxygen atoms in total. The zero-order valence-corrected chi connectivity index (χ0v) is 15.0. The summed E-state index contributed by atoms with van der Waals surface area (Å²) >= 11 is 0. The molecule has 1 aliphatic carbocycles. The molecule has 0 bridgehead atoms. The zero-order valence-electron chi connectivity index (χ0n) is 15.0. The van der Waals surface area contributed by atoms with Crippen molar-refractivity contribution in [3.63, 3.8) is 0 Å². The van der Waals surface area contributed by atoms with Crippen molar-refractivity contribution >= 4 is 5.91 Å². The van der Waals surface area contributed by atoms with Gasteiger partial charge in [0.2, 0.25) is 5.91 Å². The Bertz CT molecular complexity index is 565. The van der Waals surface area contributed by atoms with Crippen molar-refractivity contribution in [3.8, 4) is 0 Å².